The number of hydrogen-bond acceptors (Lipinski definition) is 1. The first-order valence-corrected chi connectivity index (χ1v) is 6.60. The Morgan fingerprint density at radius 1 is 0.905 bits per heavy atom. The second-order valence-electron chi connectivity index (χ2n) is 4.90. The van der Waals surface area contributed by atoms with Crippen LogP contribution < -0.4 is 0 Å². The van der Waals surface area contributed by atoms with Gasteiger partial charge in [0.25, 0.3) is 0 Å². The summed E-state index contributed by atoms with van der Waals surface area (Å²) in [5.41, 5.74) is 1.68. The molecule has 0 aromatic heterocycles. The Kier molecular flexibility index (Phi) is 3.29. The summed E-state index contributed by atoms with van der Waals surface area (Å²) >= 11 is 0. The fourth-order valence-corrected chi connectivity index (χ4v) is 2.37. The normalized spacial score (nSPS) is 17.0. The van der Waals surface area contributed by atoms with Crippen molar-refractivity contribution >= 4 is 11.6 Å². The Bertz CT molecular complexity index is 680. The number of halogens is 2. The van der Waals surface area contributed by atoms with E-state index in [4.69, 9.17) is 0 Å². The molecule has 21 heavy (non-hydrogen) atoms. The molecular formula is C17H13F2NO. The second kappa shape index (κ2) is 5.13. The van der Waals surface area contributed by atoms with Crippen LogP contribution in [0.1, 0.15) is 11.1 Å². The molecule has 0 spiro atoms. The van der Waals surface area contributed by atoms with E-state index in [1.165, 1.54) is 0 Å². The number of amides is 1. The maximum Gasteiger partial charge on any atom is 0.345 e. The van der Waals surface area contributed by atoms with E-state index in [0.29, 0.717) is 5.56 Å². The van der Waals surface area contributed by atoms with Crippen molar-refractivity contribution in [1.29, 1.82) is 0 Å². The van der Waals surface area contributed by atoms with Gasteiger partial charge in [0.2, 0.25) is 0 Å². The van der Waals surface area contributed by atoms with Gasteiger partial charge in [-0.2, -0.15) is 8.78 Å². The molecule has 0 fully saturated rings. The number of nitrogens with zero attached hydrogens (tertiary/aromatic N) is 1. The predicted octanol–water partition coefficient (Wildman–Crippen LogP) is 3.71. The third-order valence-corrected chi connectivity index (χ3v) is 3.39. The van der Waals surface area contributed by atoms with Gasteiger partial charge in [-0.05, 0) is 11.1 Å². The van der Waals surface area contributed by atoms with Crippen LogP contribution in [0.3, 0.4) is 0 Å². The summed E-state index contributed by atoms with van der Waals surface area (Å²) in [5.74, 6) is -4.62. The van der Waals surface area contributed by atoms with Crippen molar-refractivity contribution in [1.82, 2.24) is 4.90 Å². The summed E-state index contributed by atoms with van der Waals surface area (Å²) in [5, 5.41) is 0. The van der Waals surface area contributed by atoms with Crippen molar-refractivity contribution in [2.45, 2.75) is 12.5 Å². The molecule has 3 rings (SSSR count). The van der Waals surface area contributed by atoms with Gasteiger partial charge in [-0.25, -0.2) is 0 Å². The monoisotopic (exact) mass is 285 g/mol. The molecule has 106 valence electrons. The highest BCUT2D eigenvalue weighted by atomic mass is 19.3. The van der Waals surface area contributed by atoms with E-state index in [1.54, 1.807) is 30.3 Å². The quantitative estimate of drug-likeness (QED) is 0.842. The maximum atomic E-state index is 13.8. The van der Waals surface area contributed by atoms with Crippen LogP contribution in [0.15, 0.2) is 66.7 Å². The molecule has 0 N–H and O–H groups in total. The molecule has 1 heterocycles. The minimum Gasteiger partial charge on any atom is -0.302 e. The molecule has 0 atom stereocenters. The molecule has 0 saturated carbocycles. The molecule has 1 aliphatic rings. The second-order valence-corrected chi connectivity index (χ2v) is 4.90. The third-order valence-electron chi connectivity index (χ3n) is 3.39. The van der Waals surface area contributed by atoms with Crippen molar-refractivity contribution in [3.63, 3.8) is 0 Å². The molecular weight excluding hydrogens is 272 g/mol. The molecule has 4 heteroatoms. The average molecular weight is 285 g/mol. The van der Waals surface area contributed by atoms with Crippen molar-refractivity contribution < 1.29 is 13.6 Å². The topological polar surface area (TPSA) is 20.3 Å². The van der Waals surface area contributed by atoms with E-state index in [-0.39, 0.29) is 12.2 Å². The number of alkyl halides is 2. The van der Waals surface area contributed by atoms with E-state index >= 15 is 0 Å². The lowest BCUT2D eigenvalue weighted by atomic mass is 10.1. The molecule has 0 saturated heterocycles. The van der Waals surface area contributed by atoms with Crippen LogP contribution in [0.2, 0.25) is 0 Å². The summed E-state index contributed by atoms with van der Waals surface area (Å²) in [6.45, 7) is 0.135. The first-order chi connectivity index (χ1) is 10.1. The minimum absolute atomic E-state index is 0.135. The predicted molar refractivity (Wildman–Crippen MR) is 76.4 cm³/mol. The molecule has 2 nitrogen and oxygen atoms in total. The van der Waals surface area contributed by atoms with E-state index in [9.17, 15) is 13.6 Å². The van der Waals surface area contributed by atoms with Crippen LogP contribution in [0.5, 0.6) is 0 Å². The van der Waals surface area contributed by atoms with Gasteiger partial charge in [-0.15, -0.1) is 0 Å². The standard InChI is InChI=1S/C17H13F2NO/c18-17(19)11-15(14-9-5-2-6-10-14)20(16(17)21)12-13-7-3-1-4-8-13/h1-11H,12H2. The lowest BCUT2D eigenvalue weighted by molar-refractivity contribution is -0.145. The van der Waals surface area contributed by atoms with Gasteiger partial charge in [0.1, 0.15) is 0 Å². The summed E-state index contributed by atoms with van der Waals surface area (Å²) in [4.78, 5) is 13.1. The van der Waals surface area contributed by atoms with Gasteiger partial charge >= 0.3 is 11.8 Å². The fourth-order valence-electron chi connectivity index (χ4n) is 2.37. The van der Waals surface area contributed by atoms with Gasteiger partial charge in [0.05, 0.1) is 12.2 Å². The number of carbonyl (C=O) groups excluding carboxylic acids is 1. The lowest BCUT2D eigenvalue weighted by Crippen LogP contribution is -2.34. The van der Waals surface area contributed by atoms with Crippen molar-refractivity contribution in [2.24, 2.45) is 0 Å². The summed E-state index contributed by atoms with van der Waals surface area (Å²) in [7, 11) is 0. The highest BCUT2D eigenvalue weighted by Crippen LogP contribution is 2.36. The van der Waals surface area contributed by atoms with Gasteiger partial charge in [0, 0.05) is 6.08 Å². The zero-order valence-corrected chi connectivity index (χ0v) is 11.2. The van der Waals surface area contributed by atoms with E-state index < -0.39 is 11.8 Å². The van der Waals surface area contributed by atoms with Crippen LogP contribution in [0.25, 0.3) is 5.70 Å². The largest absolute Gasteiger partial charge is 0.345 e. The van der Waals surface area contributed by atoms with Crippen LogP contribution in [0, 0.1) is 0 Å². The van der Waals surface area contributed by atoms with Gasteiger partial charge in [-0.3, -0.25) is 4.79 Å². The molecule has 0 bridgehead atoms. The molecule has 2 aromatic rings. The smallest absolute Gasteiger partial charge is 0.302 e. The Morgan fingerprint density at radius 3 is 2.10 bits per heavy atom. The van der Waals surface area contributed by atoms with Crippen LogP contribution in [0.4, 0.5) is 8.78 Å². The Hall–Kier alpha value is -2.49. The van der Waals surface area contributed by atoms with Crippen molar-refractivity contribution in [3.05, 3.63) is 77.9 Å². The van der Waals surface area contributed by atoms with Crippen LogP contribution >= 0.6 is 0 Å². The molecule has 0 radical (unpaired) electrons. The number of hydrogen-bond donors (Lipinski definition) is 0. The SMILES string of the molecule is O=C1N(Cc2ccccc2)C(c2ccccc2)=CC1(F)F. The first kappa shape index (κ1) is 13.5. The van der Waals surface area contributed by atoms with E-state index in [2.05, 4.69) is 0 Å². The Balaban J connectivity index is 1.97. The molecule has 2 aromatic carbocycles. The van der Waals surface area contributed by atoms with Crippen LogP contribution in [-0.4, -0.2) is 16.7 Å². The van der Waals surface area contributed by atoms with Gasteiger partial charge in [0.15, 0.2) is 0 Å². The van der Waals surface area contributed by atoms with E-state index in [0.717, 1.165) is 16.5 Å². The van der Waals surface area contributed by atoms with Gasteiger partial charge < -0.3 is 4.90 Å². The third kappa shape index (κ3) is 2.57. The first-order valence-electron chi connectivity index (χ1n) is 6.60. The van der Waals surface area contributed by atoms with Gasteiger partial charge in [-0.1, -0.05) is 60.7 Å². The molecule has 1 aliphatic heterocycles. The molecule has 0 aliphatic carbocycles. The lowest BCUT2D eigenvalue weighted by Gasteiger charge is -2.21. The molecule has 1 amide bonds. The summed E-state index contributed by atoms with van der Waals surface area (Å²) in [6, 6.07) is 17.9. The highest BCUT2D eigenvalue weighted by Gasteiger charge is 2.47. The average Bonchev–Trinajstić information content (AvgIpc) is 2.73. The van der Waals surface area contributed by atoms with Crippen molar-refractivity contribution in [3.8, 4) is 0 Å². The Morgan fingerprint density at radius 2 is 1.48 bits per heavy atom. The zero-order chi connectivity index (χ0) is 14.9. The van der Waals surface area contributed by atoms with Crippen molar-refractivity contribution in [2.75, 3.05) is 0 Å². The summed E-state index contributed by atoms with van der Waals surface area (Å²) < 4.78 is 27.5. The zero-order valence-electron chi connectivity index (χ0n) is 11.2. The maximum absolute atomic E-state index is 13.8. The number of carbonyl (C=O) groups is 1. The number of rotatable bonds is 3. The number of benzene rings is 2. The molecule has 0 unspecified atom stereocenters. The summed E-state index contributed by atoms with van der Waals surface area (Å²) in [6.07, 6.45) is 0.744. The highest BCUT2D eigenvalue weighted by molar-refractivity contribution is 5.99. The fraction of sp³-hybridized carbons (Fsp3) is 0.118. The van der Waals surface area contributed by atoms with E-state index in [1.807, 2.05) is 30.3 Å². The Labute approximate surface area is 121 Å². The van der Waals surface area contributed by atoms with Crippen LogP contribution in [-0.2, 0) is 11.3 Å². The minimum atomic E-state index is -3.44.